The highest BCUT2D eigenvalue weighted by Crippen LogP contribution is 2.34. The van der Waals surface area contributed by atoms with E-state index in [0.29, 0.717) is 17.0 Å². The lowest BCUT2D eigenvalue weighted by molar-refractivity contribution is -0.137. The number of hydrogen-bond acceptors (Lipinski definition) is 3. The molecule has 1 aromatic rings. The second-order valence-corrected chi connectivity index (χ2v) is 3.66. The molecule has 1 aromatic heterocycles. The van der Waals surface area contributed by atoms with Crippen LogP contribution in [-0.2, 0) is 4.79 Å². The van der Waals surface area contributed by atoms with Crippen LogP contribution >= 0.6 is 12.2 Å². The van der Waals surface area contributed by atoms with Crippen molar-refractivity contribution in [3.05, 3.63) is 22.5 Å². The monoisotopic (exact) mass is 211 g/mol. The molecule has 0 bridgehead atoms. The van der Waals surface area contributed by atoms with Crippen molar-refractivity contribution in [3.63, 3.8) is 0 Å². The molecule has 14 heavy (non-hydrogen) atoms. The molecule has 1 aliphatic rings. The van der Waals surface area contributed by atoms with Gasteiger partial charge in [0.2, 0.25) is 0 Å². The Bertz CT molecular complexity index is 426. The summed E-state index contributed by atoms with van der Waals surface area (Å²) < 4.78 is 5.93. The van der Waals surface area contributed by atoms with Crippen molar-refractivity contribution >= 4 is 18.2 Å². The lowest BCUT2D eigenvalue weighted by Crippen LogP contribution is -2.07. The van der Waals surface area contributed by atoms with Crippen molar-refractivity contribution in [2.45, 2.75) is 12.3 Å². The summed E-state index contributed by atoms with van der Waals surface area (Å²) in [7, 11) is 0. The van der Waals surface area contributed by atoms with Crippen LogP contribution in [0.4, 0.5) is 0 Å². The van der Waals surface area contributed by atoms with Gasteiger partial charge in [0.15, 0.2) is 0 Å². The zero-order chi connectivity index (χ0) is 10.1. The van der Waals surface area contributed by atoms with Crippen molar-refractivity contribution in [3.8, 4) is 5.75 Å². The second-order valence-electron chi connectivity index (χ2n) is 3.22. The molecule has 1 unspecified atom stereocenters. The van der Waals surface area contributed by atoms with Crippen LogP contribution in [0.5, 0.6) is 5.75 Å². The molecule has 0 radical (unpaired) electrons. The predicted molar refractivity (Wildman–Crippen MR) is 52.1 cm³/mol. The maximum absolute atomic E-state index is 10.6. The molecule has 5 heteroatoms. The molecule has 2 heterocycles. The largest absolute Gasteiger partial charge is 0.491 e. The molecular weight excluding hydrogens is 202 g/mol. The van der Waals surface area contributed by atoms with Crippen molar-refractivity contribution in [2.24, 2.45) is 0 Å². The van der Waals surface area contributed by atoms with Gasteiger partial charge in [-0.3, -0.25) is 4.79 Å². The van der Waals surface area contributed by atoms with E-state index < -0.39 is 5.97 Å². The molecule has 0 saturated heterocycles. The molecular formula is C9H9NO3S. The SMILES string of the molecule is O=C(O)CC1COc2c[nH]c(=S)cc21. The molecule has 0 aliphatic carbocycles. The van der Waals surface area contributed by atoms with E-state index in [1.54, 1.807) is 12.3 Å². The van der Waals surface area contributed by atoms with Crippen molar-refractivity contribution in [2.75, 3.05) is 6.61 Å². The number of rotatable bonds is 2. The Kier molecular flexibility index (Phi) is 2.25. The Morgan fingerprint density at radius 2 is 2.57 bits per heavy atom. The summed E-state index contributed by atoms with van der Waals surface area (Å²) >= 11 is 4.96. The number of carbonyl (C=O) groups is 1. The summed E-state index contributed by atoms with van der Waals surface area (Å²) in [6, 6.07) is 1.77. The predicted octanol–water partition coefficient (Wildman–Crippen LogP) is 1.69. The average Bonchev–Trinajstić information content (AvgIpc) is 2.47. The summed E-state index contributed by atoms with van der Waals surface area (Å²) in [5.41, 5.74) is 0.899. The van der Waals surface area contributed by atoms with E-state index in [2.05, 4.69) is 4.98 Å². The third-order valence-electron chi connectivity index (χ3n) is 2.22. The van der Waals surface area contributed by atoms with Crippen LogP contribution < -0.4 is 4.74 Å². The number of H-pyrrole nitrogens is 1. The standard InChI is InChI=1S/C9H9NO3S/c11-9(12)1-5-4-13-7-3-10-8(14)2-6(5)7/h2-3,5H,1,4H2,(H,10,14)(H,11,12). The number of fused-ring (bicyclic) bond motifs is 1. The fraction of sp³-hybridized carbons (Fsp3) is 0.333. The lowest BCUT2D eigenvalue weighted by Gasteiger charge is -2.03. The highest BCUT2D eigenvalue weighted by atomic mass is 32.1. The second kappa shape index (κ2) is 3.42. The van der Waals surface area contributed by atoms with Crippen molar-refractivity contribution < 1.29 is 14.6 Å². The van der Waals surface area contributed by atoms with Gasteiger partial charge in [-0.2, -0.15) is 0 Å². The van der Waals surface area contributed by atoms with E-state index in [9.17, 15) is 4.79 Å². The summed E-state index contributed by atoms with van der Waals surface area (Å²) in [6.07, 6.45) is 1.77. The number of aromatic amines is 1. The van der Waals surface area contributed by atoms with Crippen LogP contribution in [0.3, 0.4) is 0 Å². The maximum Gasteiger partial charge on any atom is 0.304 e. The number of carboxylic acids is 1. The Balaban J connectivity index is 2.33. The number of carboxylic acid groups (broad SMARTS) is 1. The molecule has 1 atom stereocenters. The van der Waals surface area contributed by atoms with Crippen LogP contribution in [0, 0.1) is 4.64 Å². The van der Waals surface area contributed by atoms with Gasteiger partial charge in [-0.05, 0) is 6.07 Å². The molecule has 2 rings (SSSR count). The van der Waals surface area contributed by atoms with Gasteiger partial charge in [-0.1, -0.05) is 12.2 Å². The third kappa shape index (κ3) is 1.63. The minimum Gasteiger partial charge on any atom is -0.491 e. The summed E-state index contributed by atoms with van der Waals surface area (Å²) in [4.78, 5) is 13.4. The van der Waals surface area contributed by atoms with Gasteiger partial charge in [-0.15, -0.1) is 0 Å². The fourth-order valence-electron chi connectivity index (χ4n) is 1.58. The first kappa shape index (κ1) is 9.21. The number of aliphatic carboxylic acids is 1. The van der Waals surface area contributed by atoms with E-state index in [4.69, 9.17) is 22.1 Å². The molecule has 0 saturated carbocycles. The molecule has 74 valence electrons. The fourth-order valence-corrected chi connectivity index (χ4v) is 1.76. The Morgan fingerprint density at radius 1 is 1.79 bits per heavy atom. The lowest BCUT2D eigenvalue weighted by atomic mass is 9.99. The molecule has 0 amide bonds. The van der Waals surface area contributed by atoms with E-state index in [0.717, 1.165) is 5.56 Å². The minimum absolute atomic E-state index is 0.0706. The quantitative estimate of drug-likeness (QED) is 0.731. The van der Waals surface area contributed by atoms with Crippen LogP contribution in [-0.4, -0.2) is 22.7 Å². The topological polar surface area (TPSA) is 62.3 Å². The zero-order valence-electron chi connectivity index (χ0n) is 7.32. The van der Waals surface area contributed by atoms with E-state index in [1.807, 2.05) is 0 Å². The molecule has 4 nitrogen and oxygen atoms in total. The minimum atomic E-state index is -0.815. The number of aromatic nitrogens is 1. The number of pyridine rings is 1. The highest BCUT2D eigenvalue weighted by Gasteiger charge is 2.26. The molecule has 0 spiro atoms. The Hall–Kier alpha value is -1.36. The van der Waals surface area contributed by atoms with Crippen molar-refractivity contribution in [1.82, 2.24) is 4.98 Å². The number of nitrogens with one attached hydrogen (secondary N) is 1. The summed E-state index contributed by atoms with van der Waals surface area (Å²) in [5, 5.41) is 8.68. The van der Waals surface area contributed by atoms with Gasteiger partial charge in [-0.25, -0.2) is 0 Å². The Morgan fingerprint density at radius 3 is 3.29 bits per heavy atom. The van der Waals surface area contributed by atoms with Gasteiger partial charge in [0, 0.05) is 17.7 Å². The zero-order valence-corrected chi connectivity index (χ0v) is 8.13. The molecule has 0 fully saturated rings. The first-order chi connectivity index (χ1) is 6.66. The maximum atomic E-state index is 10.6. The number of ether oxygens (including phenoxy) is 1. The molecule has 0 aromatic carbocycles. The van der Waals surface area contributed by atoms with Gasteiger partial charge in [0.25, 0.3) is 0 Å². The van der Waals surface area contributed by atoms with Gasteiger partial charge in [0.05, 0.1) is 13.0 Å². The first-order valence-electron chi connectivity index (χ1n) is 4.24. The highest BCUT2D eigenvalue weighted by molar-refractivity contribution is 7.71. The van der Waals surface area contributed by atoms with Gasteiger partial charge < -0.3 is 14.8 Å². The van der Waals surface area contributed by atoms with Gasteiger partial charge >= 0.3 is 5.97 Å². The summed E-state index contributed by atoms with van der Waals surface area (Å²) in [5.74, 6) is -0.172. The van der Waals surface area contributed by atoms with Crippen LogP contribution in [0.15, 0.2) is 12.3 Å². The van der Waals surface area contributed by atoms with E-state index >= 15 is 0 Å². The number of hydrogen-bond donors (Lipinski definition) is 2. The third-order valence-corrected chi connectivity index (χ3v) is 2.45. The van der Waals surface area contributed by atoms with Gasteiger partial charge in [0.1, 0.15) is 10.4 Å². The molecule has 1 aliphatic heterocycles. The Labute approximate surface area is 85.5 Å². The first-order valence-corrected chi connectivity index (χ1v) is 4.65. The smallest absolute Gasteiger partial charge is 0.304 e. The average molecular weight is 211 g/mol. The van der Waals surface area contributed by atoms with E-state index in [1.165, 1.54) is 0 Å². The van der Waals surface area contributed by atoms with Crippen LogP contribution in [0.1, 0.15) is 17.9 Å². The van der Waals surface area contributed by atoms with Crippen LogP contribution in [0.2, 0.25) is 0 Å². The normalized spacial score (nSPS) is 18.7. The summed E-state index contributed by atoms with van der Waals surface area (Å²) in [6.45, 7) is 0.425. The molecule has 2 N–H and O–H groups in total. The van der Waals surface area contributed by atoms with Crippen molar-refractivity contribution in [1.29, 1.82) is 0 Å². The van der Waals surface area contributed by atoms with Crippen LogP contribution in [0.25, 0.3) is 0 Å². The van der Waals surface area contributed by atoms with E-state index in [-0.39, 0.29) is 12.3 Å².